The molecule has 0 fully saturated rings. The molecule has 0 aromatic carbocycles. The van der Waals surface area contributed by atoms with Crippen LogP contribution in [0.5, 0.6) is 0 Å². The van der Waals surface area contributed by atoms with Crippen molar-refractivity contribution in [3.63, 3.8) is 0 Å². The van der Waals surface area contributed by atoms with Gasteiger partial charge in [-0.3, -0.25) is 4.79 Å². The van der Waals surface area contributed by atoms with Gasteiger partial charge in [-0.1, -0.05) is 11.8 Å². The number of amides is 1. The Kier molecular flexibility index (Phi) is 4.87. The number of nitrogens with zero attached hydrogens (tertiary/aromatic N) is 3. The molecule has 0 aliphatic carbocycles. The van der Waals surface area contributed by atoms with Crippen molar-refractivity contribution in [2.75, 3.05) is 6.61 Å². The quantitative estimate of drug-likeness (QED) is 0.806. The van der Waals surface area contributed by atoms with Gasteiger partial charge in [0.1, 0.15) is 6.33 Å². The third kappa shape index (κ3) is 3.66. The van der Waals surface area contributed by atoms with Gasteiger partial charge < -0.3 is 15.0 Å². The number of nitrogens with one attached hydrogen (secondary N) is 1. The summed E-state index contributed by atoms with van der Waals surface area (Å²) in [7, 11) is 1.82. The van der Waals surface area contributed by atoms with E-state index in [9.17, 15) is 4.79 Å². The molecule has 20 heavy (non-hydrogen) atoms. The molecule has 0 radical (unpaired) electrons. The SMILES string of the molecule is Cn1cnnc1CNC(=O)c1csc(C#CCCO)c1. The van der Waals surface area contributed by atoms with Crippen LogP contribution in [0.2, 0.25) is 0 Å². The van der Waals surface area contributed by atoms with Crippen LogP contribution >= 0.6 is 11.3 Å². The predicted octanol–water partition coefficient (Wildman–Crippen LogP) is 0.540. The van der Waals surface area contributed by atoms with Crippen LogP contribution in [-0.4, -0.2) is 32.4 Å². The van der Waals surface area contributed by atoms with Gasteiger partial charge in [0.2, 0.25) is 0 Å². The Balaban J connectivity index is 1.93. The van der Waals surface area contributed by atoms with E-state index >= 15 is 0 Å². The molecule has 2 aromatic rings. The van der Waals surface area contributed by atoms with Gasteiger partial charge in [0.25, 0.3) is 5.91 Å². The first kappa shape index (κ1) is 14.2. The molecule has 0 spiro atoms. The highest BCUT2D eigenvalue weighted by Crippen LogP contribution is 2.13. The smallest absolute Gasteiger partial charge is 0.252 e. The molecule has 0 saturated carbocycles. The summed E-state index contributed by atoms with van der Waals surface area (Å²) in [6.45, 7) is 0.375. The summed E-state index contributed by atoms with van der Waals surface area (Å²) in [6.07, 6.45) is 2.02. The highest BCUT2D eigenvalue weighted by atomic mass is 32.1. The highest BCUT2D eigenvalue weighted by Gasteiger charge is 2.09. The van der Waals surface area contributed by atoms with Gasteiger partial charge in [-0.25, -0.2) is 0 Å². The zero-order valence-corrected chi connectivity index (χ0v) is 11.8. The third-order valence-corrected chi connectivity index (χ3v) is 3.37. The summed E-state index contributed by atoms with van der Waals surface area (Å²) in [6, 6.07) is 1.74. The highest BCUT2D eigenvalue weighted by molar-refractivity contribution is 7.10. The van der Waals surface area contributed by atoms with Gasteiger partial charge in [0, 0.05) is 18.8 Å². The molecule has 0 unspecified atom stereocenters. The standard InChI is InChI=1S/C13H14N4O2S/c1-17-9-15-16-12(17)7-14-13(19)10-6-11(20-8-10)4-2-3-5-18/h6,8-9,18H,3,5,7H2,1H3,(H,14,19). The fraction of sp³-hybridized carbons (Fsp3) is 0.308. The Morgan fingerprint density at radius 2 is 2.45 bits per heavy atom. The number of aromatic nitrogens is 3. The predicted molar refractivity (Wildman–Crippen MR) is 75.1 cm³/mol. The van der Waals surface area contributed by atoms with Crippen molar-refractivity contribution < 1.29 is 9.90 Å². The van der Waals surface area contributed by atoms with Crippen molar-refractivity contribution in [2.45, 2.75) is 13.0 Å². The first-order valence-corrected chi connectivity index (χ1v) is 6.88. The van der Waals surface area contributed by atoms with Crippen LogP contribution in [0.1, 0.15) is 27.5 Å². The summed E-state index contributed by atoms with van der Waals surface area (Å²) in [5.41, 5.74) is 0.575. The second-order valence-electron chi connectivity index (χ2n) is 4.02. The number of aliphatic hydroxyl groups excluding tert-OH is 1. The second kappa shape index (κ2) is 6.84. The Labute approximate surface area is 120 Å². The summed E-state index contributed by atoms with van der Waals surface area (Å²) < 4.78 is 1.75. The first-order valence-electron chi connectivity index (χ1n) is 6.00. The lowest BCUT2D eigenvalue weighted by atomic mass is 10.3. The maximum atomic E-state index is 11.9. The van der Waals surface area contributed by atoms with Gasteiger partial charge in [0.15, 0.2) is 5.82 Å². The van der Waals surface area contributed by atoms with Crippen molar-refractivity contribution in [1.29, 1.82) is 0 Å². The van der Waals surface area contributed by atoms with Gasteiger partial charge in [-0.2, -0.15) is 0 Å². The fourth-order valence-electron chi connectivity index (χ4n) is 1.45. The molecule has 0 atom stereocenters. The first-order chi connectivity index (χ1) is 9.70. The number of carbonyl (C=O) groups is 1. The molecule has 0 saturated heterocycles. The van der Waals surface area contributed by atoms with Crippen LogP contribution in [0.4, 0.5) is 0 Å². The molecule has 1 amide bonds. The normalized spacial score (nSPS) is 9.90. The maximum Gasteiger partial charge on any atom is 0.252 e. The number of thiophene rings is 1. The van der Waals surface area contributed by atoms with Gasteiger partial charge in [-0.15, -0.1) is 21.5 Å². The van der Waals surface area contributed by atoms with E-state index in [1.54, 1.807) is 22.3 Å². The lowest BCUT2D eigenvalue weighted by Crippen LogP contribution is -2.23. The van der Waals surface area contributed by atoms with Crippen molar-refractivity contribution >= 4 is 17.2 Å². The van der Waals surface area contributed by atoms with E-state index in [-0.39, 0.29) is 12.5 Å². The molecular weight excluding hydrogens is 276 g/mol. The summed E-state index contributed by atoms with van der Waals surface area (Å²) >= 11 is 1.41. The minimum atomic E-state index is -0.167. The maximum absolute atomic E-state index is 11.9. The van der Waals surface area contributed by atoms with E-state index in [1.165, 1.54) is 11.3 Å². The van der Waals surface area contributed by atoms with Crippen LogP contribution in [0, 0.1) is 11.8 Å². The zero-order valence-electron chi connectivity index (χ0n) is 11.0. The molecule has 0 bridgehead atoms. The van der Waals surface area contributed by atoms with Crippen LogP contribution in [0.25, 0.3) is 0 Å². The number of hydrogen-bond acceptors (Lipinski definition) is 5. The van der Waals surface area contributed by atoms with Crippen LogP contribution in [0.3, 0.4) is 0 Å². The van der Waals surface area contributed by atoms with Gasteiger partial charge in [-0.05, 0) is 6.07 Å². The van der Waals surface area contributed by atoms with E-state index in [1.807, 2.05) is 7.05 Å². The molecule has 2 N–H and O–H groups in total. The number of hydrogen-bond donors (Lipinski definition) is 2. The fourth-order valence-corrected chi connectivity index (χ4v) is 2.21. The average molecular weight is 290 g/mol. The van der Waals surface area contributed by atoms with Crippen molar-refractivity contribution in [1.82, 2.24) is 20.1 Å². The van der Waals surface area contributed by atoms with Crippen molar-refractivity contribution in [3.8, 4) is 11.8 Å². The number of carbonyl (C=O) groups excluding carboxylic acids is 1. The minimum absolute atomic E-state index is 0.0451. The largest absolute Gasteiger partial charge is 0.395 e. The summed E-state index contributed by atoms with van der Waals surface area (Å²) in [5.74, 6) is 6.25. The molecule has 7 heteroatoms. The van der Waals surface area contributed by atoms with Gasteiger partial charge in [0.05, 0.1) is 23.6 Å². The van der Waals surface area contributed by atoms with Crippen LogP contribution < -0.4 is 5.32 Å². The Morgan fingerprint density at radius 3 is 3.15 bits per heavy atom. The lowest BCUT2D eigenvalue weighted by molar-refractivity contribution is 0.0950. The number of rotatable bonds is 4. The van der Waals surface area contributed by atoms with E-state index in [4.69, 9.17) is 5.11 Å². The third-order valence-electron chi connectivity index (χ3n) is 2.52. The molecule has 0 aliphatic heterocycles. The monoisotopic (exact) mass is 290 g/mol. The molecule has 2 rings (SSSR count). The Hall–Kier alpha value is -2.17. The molecule has 6 nitrogen and oxygen atoms in total. The Bertz CT molecular complexity index is 651. The summed E-state index contributed by atoms with van der Waals surface area (Å²) in [4.78, 5) is 12.8. The lowest BCUT2D eigenvalue weighted by Gasteiger charge is -2.02. The molecular formula is C13H14N4O2S. The number of aryl methyl sites for hydroxylation is 1. The topological polar surface area (TPSA) is 80.0 Å². The van der Waals surface area contributed by atoms with Crippen molar-refractivity contribution in [3.05, 3.63) is 34.0 Å². The molecule has 2 heterocycles. The van der Waals surface area contributed by atoms with Crippen molar-refractivity contribution in [2.24, 2.45) is 7.05 Å². The van der Waals surface area contributed by atoms with E-state index in [0.29, 0.717) is 24.4 Å². The minimum Gasteiger partial charge on any atom is -0.395 e. The van der Waals surface area contributed by atoms with Gasteiger partial charge >= 0.3 is 0 Å². The summed E-state index contributed by atoms with van der Waals surface area (Å²) in [5, 5.41) is 20.8. The van der Waals surface area contributed by atoms with Crippen LogP contribution in [-0.2, 0) is 13.6 Å². The van der Waals surface area contributed by atoms with E-state index < -0.39 is 0 Å². The van der Waals surface area contributed by atoms with Crippen LogP contribution in [0.15, 0.2) is 17.8 Å². The second-order valence-corrected chi connectivity index (χ2v) is 4.93. The number of aliphatic hydroxyl groups is 1. The van der Waals surface area contributed by atoms with E-state index in [0.717, 1.165) is 4.88 Å². The average Bonchev–Trinajstić information content (AvgIpc) is 3.06. The zero-order chi connectivity index (χ0) is 14.4. The Morgan fingerprint density at radius 1 is 1.60 bits per heavy atom. The molecule has 104 valence electrons. The molecule has 2 aromatic heterocycles. The molecule has 0 aliphatic rings. The van der Waals surface area contributed by atoms with E-state index in [2.05, 4.69) is 27.4 Å².